The van der Waals surface area contributed by atoms with Crippen LogP contribution in [0, 0.1) is 6.92 Å². The smallest absolute Gasteiger partial charge is 0.161 e. The van der Waals surface area contributed by atoms with Crippen molar-refractivity contribution in [2.75, 3.05) is 13.7 Å². The van der Waals surface area contributed by atoms with Crippen molar-refractivity contribution in [1.82, 2.24) is 0 Å². The third kappa shape index (κ3) is 4.25. The van der Waals surface area contributed by atoms with Gasteiger partial charge in [-0.1, -0.05) is 6.07 Å². The fourth-order valence-electron chi connectivity index (χ4n) is 2.26. The van der Waals surface area contributed by atoms with Gasteiger partial charge in [-0.3, -0.25) is 4.79 Å². The summed E-state index contributed by atoms with van der Waals surface area (Å²) < 4.78 is 16.8. The van der Waals surface area contributed by atoms with E-state index in [1.54, 1.807) is 20.1 Å². The molecule has 0 spiro atoms. The molecule has 2 rings (SSSR count). The van der Waals surface area contributed by atoms with E-state index in [9.17, 15) is 4.79 Å². The van der Waals surface area contributed by atoms with E-state index < -0.39 is 0 Å². The maximum atomic E-state index is 11.6. The van der Waals surface area contributed by atoms with Crippen LogP contribution in [-0.4, -0.2) is 19.5 Å². The first-order chi connectivity index (χ1) is 11.0. The minimum atomic E-state index is 0.0159. The summed E-state index contributed by atoms with van der Waals surface area (Å²) in [5.74, 6) is 2.09. The lowest BCUT2D eigenvalue weighted by molar-refractivity contribution is 0.101. The van der Waals surface area contributed by atoms with E-state index in [1.807, 2.05) is 44.2 Å². The van der Waals surface area contributed by atoms with Gasteiger partial charge in [0, 0.05) is 11.1 Å². The van der Waals surface area contributed by atoms with E-state index in [0.29, 0.717) is 30.3 Å². The molecule has 0 bridgehead atoms. The van der Waals surface area contributed by atoms with Crippen molar-refractivity contribution >= 4 is 5.78 Å². The fourth-order valence-corrected chi connectivity index (χ4v) is 2.26. The number of Topliss-reactive ketones (excluding diaryl/α,β-unsaturated/α-hetero) is 1. The molecule has 0 aliphatic carbocycles. The van der Waals surface area contributed by atoms with Crippen LogP contribution in [0.4, 0.5) is 0 Å². The van der Waals surface area contributed by atoms with Crippen LogP contribution in [0.5, 0.6) is 17.2 Å². The number of carbonyl (C=O) groups excluding carboxylic acids is 1. The van der Waals surface area contributed by atoms with Crippen LogP contribution >= 0.6 is 0 Å². The van der Waals surface area contributed by atoms with Crippen molar-refractivity contribution in [3.63, 3.8) is 0 Å². The lowest BCUT2D eigenvalue weighted by atomic mass is 10.1. The summed E-state index contributed by atoms with van der Waals surface area (Å²) >= 11 is 0. The number of aryl methyl sites for hydroxylation is 1. The maximum absolute atomic E-state index is 11.6. The van der Waals surface area contributed by atoms with E-state index in [1.165, 1.54) is 0 Å². The maximum Gasteiger partial charge on any atom is 0.161 e. The molecule has 0 radical (unpaired) electrons. The number of methoxy groups -OCH3 is 1. The second kappa shape index (κ2) is 7.68. The molecule has 4 heteroatoms. The molecule has 0 N–H and O–H groups in total. The average Bonchev–Trinajstić information content (AvgIpc) is 2.54. The average molecular weight is 314 g/mol. The lowest BCUT2D eigenvalue weighted by Gasteiger charge is -2.14. The molecule has 2 aromatic rings. The summed E-state index contributed by atoms with van der Waals surface area (Å²) in [7, 11) is 1.61. The topological polar surface area (TPSA) is 44.8 Å². The van der Waals surface area contributed by atoms with Gasteiger partial charge in [0.25, 0.3) is 0 Å². The molecule has 0 aliphatic rings. The Kier molecular flexibility index (Phi) is 5.63. The molecule has 23 heavy (non-hydrogen) atoms. The van der Waals surface area contributed by atoms with Gasteiger partial charge >= 0.3 is 0 Å². The van der Waals surface area contributed by atoms with E-state index in [2.05, 4.69) is 0 Å². The zero-order chi connectivity index (χ0) is 16.8. The van der Waals surface area contributed by atoms with Gasteiger partial charge in [-0.05, 0) is 56.7 Å². The number of ketones is 1. The number of hydrogen-bond donors (Lipinski definition) is 0. The summed E-state index contributed by atoms with van der Waals surface area (Å²) in [4.78, 5) is 11.6. The van der Waals surface area contributed by atoms with Crippen molar-refractivity contribution in [3.05, 3.63) is 53.1 Å². The minimum Gasteiger partial charge on any atom is -0.493 e. The normalized spacial score (nSPS) is 10.3. The first-order valence-electron chi connectivity index (χ1n) is 7.59. The monoisotopic (exact) mass is 314 g/mol. The number of rotatable bonds is 7. The largest absolute Gasteiger partial charge is 0.493 e. The third-order valence-electron chi connectivity index (χ3n) is 3.47. The molecule has 0 amide bonds. The molecule has 0 atom stereocenters. The van der Waals surface area contributed by atoms with Gasteiger partial charge in [0.2, 0.25) is 0 Å². The highest BCUT2D eigenvalue weighted by molar-refractivity contribution is 5.94. The Morgan fingerprint density at radius 1 is 1.00 bits per heavy atom. The van der Waals surface area contributed by atoms with E-state index in [4.69, 9.17) is 14.2 Å². The Labute approximate surface area is 137 Å². The molecule has 0 aromatic heterocycles. The highest BCUT2D eigenvalue weighted by Crippen LogP contribution is 2.30. The molecule has 2 aromatic carbocycles. The van der Waals surface area contributed by atoms with Crippen molar-refractivity contribution in [1.29, 1.82) is 0 Å². The molecule has 4 nitrogen and oxygen atoms in total. The Bertz CT molecular complexity index is 692. The van der Waals surface area contributed by atoms with Crippen molar-refractivity contribution < 1.29 is 19.0 Å². The number of hydrogen-bond acceptors (Lipinski definition) is 4. The van der Waals surface area contributed by atoms with Gasteiger partial charge in [-0.15, -0.1) is 0 Å². The Morgan fingerprint density at radius 2 is 1.74 bits per heavy atom. The lowest BCUT2D eigenvalue weighted by Crippen LogP contribution is -2.04. The van der Waals surface area contributed by atoms with Gasteiger partial charge in [0.05, 0.1) is 13.7 Å². The van der Waals surface area contributed by atoms with Crippen LogP contribution in [0.15, 0.2) is 36.4 Å². The van der Waals surface area contributed by atoms with Gasteiger partial charge in [-0.2, -0.15) is 0 Å². The summed E-state index contributed by atoms with van der Waals surface area (Å²) in [6.07, 6.45) is 0. The predicted octanol–water partition coefficient (Wildman–Crippen LogP) is 4.18. The second-order valence-electron chi connectivity index (χ2n) is 5.25. The highest BCUT2D eigenvalue weighted by atomic mass is 16.5. The number of carbonyl (C=O) groups is 1. The van der Waals surface area contributed by atoms with Crippen LogP contribution < -0.4 is 14.2 Å². The zero-order valence-corrected chi connectivity index (χ0v) is 14.0. The van der Waals surface area contributed by atoms with Crippen LogP contribution in [0.25, 0.3) is 0 Å². The van der Waals surface area contributed by atoms with Crippen LogP contribution in [0.1, 0.15) is 35.3 Å². The predicted molar refractivity (Wildman–Crippen MR) is 89.7 cm³/mol. The van der Waals surface area contributed by atoms with Crippen molar-refractivity contribution in [2.45, 2.75) is 27.4 Å². The standard InChI is InChI=1S/C19H22O4/c1-5-22-17-9-7-15(14(3)20)11-16(17)12-23-18-8-6-13(2)10-19(18)21-4/h6-11H,5,12H2,1-4H3. The number of ether oxygens (including phenoxy) is 3. The highest BCUT2D eigenvalue weighted by Gasteiger charge is 2.10. The van der Waals surface area contributed by atoms with Crippen LogP contribution in [0.2, 0.25) is 0 Å². The summed E-state index contributed by atoms with van der Waals surface area (Å²) in [5, 5.41) is 0. The van der Waals surface area contributed by atoms with Gasteiger partial charge < -0.3 is 14.2 Å². The molecule has 0 saturated heterocycles. The molecule has 122 valence electrons. The summed E-state index contributed by atoms with van der Waals surface area (Å²) in [5.41, 5.74) is 2.58. The van der Waals surface area contributed by atoms with Gasteiger partial charge in [0.1, 0.15) is 12.4 Å². The fraction of sp³-hybridized carbons (Fsp3) is 0.316. The molecular formula is C19H22O4. The quantitative estimate of drug-likeness (QED) is 0.719. The van der Waals surface area contributed by atoms with Crippen molar-refractivity contribution in [2.24, 2.45) is 0 Å². The third-order valence-corrected chi connectivity index (χ3v) is 3.47. The van der Waals surface area contributed by atoms with E-state index in [-0.39, 0.29) is 5.78 Å². The second-order valence-corrected chi connectivity index (χ2v) is 5.25. The van der Waals surface area contributed by atoms with E-state index in [0.717, 1.165) is 16.9 Å². The van der Waals surface area contributed by atoms with E-state index >= 15 is 0 Å². The molecule has 0 fully saturated rings. The first-order valence-corrected chi connectivity index (χ1v) is 7.59. The SMILES string of the molecule is CCOc1ccc(C(C)=O)cc1COc1ccc(C)cc1OC. The molecule has 0 aliphatic heterocycles. The minimum absolute atomic E-state index is 0.0159. The molecular weight excluding hydrogens is 292 g/mol. The first kappa shape index (κ1) is 16.9. The summed E-state index contributed by atoms with van der Waals surface area (Å²) in [6.45, 7) is 6.32. The van der Waals surface area contributed by atoms with Crippen LogP contribution in [0.3, 0.4) is 0 Å². The van der Waals surface area contributed by atoms with Gasteiger partial charge in [0.15, 0.2) is 17.3 Å². The van der Waals surface area contributed by atoms with Crippen molar-refractivity contribution in [3.8, 4) is 17.2 Å². The summed E-state index contributed by atoms with van der Waals surface area (Å²) in [6, 6.07) is 11.2. The van der Waals surface area contributed by atoms with Gasteiger partial charge in [-0.25, -0.2) is 0 Å². The number of benzene rings is 2. The Morgan fingerprint density at radius 3 is 2.39 bits per heavy atom. The molecule has 0 heterocycles. The zero-order valence-electron chi connectivity index (χ0n) is 14.0. The Balaban J connectivity index is 2.24. The molecule has 0 unspecified atom stereocenters. The molecule has 0 saturated carbocycles. The van der Waals surface area contributed by atoms with Crippen LogP contribution in [-0.2, 0) is 6.61 Å². The Hall–Kier alpha value is -2.49.